The molecule has 1 aromatic carbocycles. The summed E-state index contributed by atoms with van der Waals surface area (Å²) in [6, 6.07) is 12.9. The molecule has 1 atom stereocenters. The zero-order valence-corrected chi connectivity index (χ0v) is 12.3. The van der Waals surface area contributed by atoms with E-state index in [4.69, 9.17) is 17.3 Å². The number of nitrogens with zero attached hydrogens (tertiary/aromatic N) is 1. The van der Waals surface area contributed by atoms with Gasteiger partial charge in [-0.1, -0.05) is 29.8 Å². The molecule has 1 aliphatic heterocycles. The summed E-state index contributed by atoms with van der Waals surface area (Å²) in [5.74, 6) is 0. The van der Waals surface area contributed by atoms with E-state index in [-0.39, 0.29) is 6.04 Å². The average Bonchev–Trinajstić information content (AvgIpc) is 2.86. The van der Waals surface area contributed by atoms with Crippen LogP contribution in [-0.4, -0.2) is 13.1 Å². The van der Waals surface area contributed by atoms with Gasteiger partial charge in [-0.25, -0.2) is 0 Å². The molecule has 2 aromatic rings. The van der Waals surface area contributed by atoms with Crippen LogP contribution in [-0.2, 0) is 6.42 Å². The Labute approximate surface area is 122 Å². The number of nitrogens with two attached hydrogens (primary N) is 1. The second-order valence-corrected chi connectivity index (χ2v) is 6.57. The first-order valence-corrected chi connectivity index (χ1v) is 7.79. The Morgan fingerprint density at radius 3 is 2.84 bits per heavy atom. The lowest BCUT2D eigenvalue weighted by Crippen LogP contribution is -2.37. The van der Waals surface area contributed by atoms with Crippen LogP contribution in [0.25, 0.3) is 0 Å². The second-order valence-electron chi connectivity index (χ2n) is 4.82. The molecule has 19 heavy (non-hydrogen) atoms. The van der Waals surface area contributed by atoms with Crippen molar-refractivity contribution in [3.63, 3.8) is 0 Å². The predicted molar refractivity (Wildman–Crippen MR) is 83.2 cm³/mol. The summed E-state index contributed by atoms with van der Waals surface area (Å²) in [6.07, 6.45) is 2.35. The fraction of sp³-hybridized carbons (Fsp3) is 0.333. The van der Waals surface area contributed by atoms with Crippen molar-refractivity contribution in [1.29, 1.82) is 0 Å². The number of rotatable bonds is 3. The lowest BCUT2D eigenvalue weighted by molar-refractivity contribution is 0.594. The van der Waals surface area contributed by atoms with Crippen LogP contribution in [0.15, 0.2) is 36.4 Å². The summed E-state index contributed by atoms with van der Waals surface area (Å²) in [5, 5.41) is 0. The first kappa shape index (κ1) is 13.0. The molecule has 1 unspecified atom stereocenters. The molecule has 0 aliphatic carbocycles. The van der Waals surface area contributed by atoms with Crippen LogP contribution < -0.4 is 10.6 Å². The van der Waals surface area contributed by atoms with Crippen LogP contribution in [0.2, 0.25) is 4.34 Å². The summed E-state index contributed by atoms with van der Waals surface area (Å²) < 4.78 is 0.832. The number of halogens is 1. The van der Waals surface area contributed by atoms with E-state index in [1.165, 1.54) is 22.5 Å². The molecule has 4 heteroatoms. The third kappa shape index (κ3) is 2.50. The van der Waals surface area contributed by atoms with Gasteiger partial charge in [0.1, 0.15) is 0 Å². The van der Waals surface area contributed by atoms with Crippen molar-refractivity contribution in [2.75, 3.05) is 18.0 Å². The number of fused-ring (bicyclic) bond motifs is 1. The minimum absolute atomic E-state index is 0.235. The van der Waals surface area contributed by atoms with E-state index >= 15 is 0 Å². The standard InChI is InChI=1S/C15H17ClN2S/c16-15-8-7-14(19-15)13(10-17)18-9-3-5-11-4-1-2-6-12(11)18/h1-2,4,6-8,13H,3,5,9-10,17H2. The van der Waals surface area contributed by atoms with E-state index in [1.54, 1.807) is 11.3 Å². The highest BCUT2D eigenvalue weighted by atomic mass is 35.5. The maximum absolute atomic E-state index is 6.06. The highest BCUT2D eigenvalue weighted by Crippen LogP contribution is 2.36. The third-order valence-corrected chi connectivity index (χ3v) is 5.00. The van der Waals surface area contributed by atoms with Gasteiger partial charge in [0.05, 0.1) is 10.4 Å². The van der Waals surface area contributed by atoms with E-state index in [9.17, 15) is 0 Å². The van der Waals surface area contributed by atoms with Gasteiger partial charge in [-0.15, -0.1) is 11.3 Å². The molecular weight excluding hydrogens is 276 g/mol. The van der Waals surface area contributed by atoms with Gasteiger partial charge in [0, 0.05) is 23.7 Å². The Kier molecular flexibility index (Phi) is 3.78. The zero-order valence-electron chi connectivity index (χ0n) is 10.7. The first-order valence-electron chi connectivity index (χ1n) is 6.59. The smallest absolute Gasteiger partial charge is 0.0932 e. The van der Waals surface area contributed by atoms with Crippen LogP contribution in [0.1, 0.15) is 22.9 Å². The fourth-order valence-electron chi connectivity index (χ4n) is 2.79. The molecule has 3 rings (SSSR count). The van der Waals surface area contributed by atoms with Gasteiger partial charge in [-0.3, -0.25) is 0 Å². The topological polar surface area (TPSA) is 29.3 Å². The van der Waals surface area contributed by atoms with Gasteiger partial charge in [-0.05, 0) is 36.6 Å². The Bertz CT molecular complexity index is 567. The van der Waals surface area contributed by atoms with Crippen molar-refractivity contribution < 1.29 is 0 Å². The SMILES string of the molecule is NCC(c1ccc(Cl)s1)N1CCCc2ccccc21. The van der Waals surface area contributed by atoms with E-state index < -0.39 is 0 Å². The molecule has 0 amide bonds. The van der Waals surface area contributed by atoms with Gasteiger partial charge in [0.25, 0.3) is 0 Å². The molecule has 0 bridgehead atoms. The molecule has 1 aliphatic rings. The molecule has 100 valence electrons. The highest BCUT2D eigenvalue weighted by molar-refractivity contribution is 7.16. The Hall–Kier alpha value is -1.03. The molecular formula is C15H17ClN2S. The molecule has 1 aromatic heterocycles. The number of anilines is 1. The van der Waals surface area contributed by atoms with Gasteiger partial charge in [0.15, 0.2) is 0 Å². The monoisotopic (exact) mass is 292 g/mol. The van der Waals surface area contributed by atoms with E-state index in [1.807, 2.05) is 6.07 Å². The van der Waals surface area contributed by atoms with Gasteiger partial charge < -0.3 is 10.6 Å². The zero-order chi connectivity index (χ0) is 13.2. The Morgan fingerprint density at radius 1 is 1.26 bits per heavy atom. The van der Waals surface area contributed by atoms with Gasteiger partial charge in [-0.2, -0.15) is 0 Å². The van der Waals surface area contributed by atoms with E-state index in [0.29, 0.717) is 6.54 Å². The first-order chi connectivity index (χ1) is 9.29. The van der Waals surface area contributed by atoms with Crippen LogP contribution in [0.5, 0.6) is 0 Å². The van der Waals surface area contributed by atoms with Crippen molar-refractivity contribution in [1.82, 2.24) is 0 Å². The van der Waals surface area contributed by atoms with Crippen molar-refractivity contribution in [2.45, 2.75) is 18.9 Å². The van der Waals surface area contributed by atoms with Crippen molar-refractivity contribution >= 4 is 28.6 Å². The van der Waals surface area contributed by atoms with Gasteiger partial charge in [0.2, 0.25) is 0 Å². The molecule has 2 heterocycles. The fourth-order valence-corrected chi connectivity index (χ4v) is 3.98. The number of benzene rings is 1. The molecule has 0 fully saturated rings. The van der Waals surface area contributed by atoms with Crippen LogP contribution >= 0.6 is 22.9 Å². The summed E-state index contributed by atoms with van der Waals surface area (Å²) in [5.41, 5.74) is 8.78. The molecule has 0 saturated heterocycles. The van der Waals surface area contributed by atoms with Gasteiger partial charge >= 0.3 is 0 Å². The van der Waals surface area contributed by atoms with Crippen molar-refractivity contribution in [3.05, 3.63) is 51.2 Å². The highest BCUT2D eigenvalue weighted by Gasteiger charge is 2.25. The number of hydrogen-bond donors (Lipinski definition) is 1. The van der Waals surface area contributed by atoms with Crippen molar-refractivity contribution in [3.8, 4) is 0 Å². The Balaban J connectivity index is 1.97. The maximum atomic E-state index is 6.06. The average molecular weight is 293 g/mol. The second kappa shape index (κ2) is 5.53. The minimum Gasteiger partial charge on any atom is -0.362 e. The largest absolute Gasteiger partial charge is 0.362 e. The molecule has 0 saturated carbocycles. The third-order valence-electron chi connectivity index (χ3n) is 3.67. The number of hydrogen-bond acceptors (Lipinski definition) is 3. The van der Waals surface area contributed by atoms with Crippen LogP contribution in [0.4, 0.5) is 5.69 Å². The van der Waals surface area contributed by atoms with Crippen molar-refractivity contribution in [2.24, 2.45) is 5.73 Å². The minimum atomic E-state index is 0.235. The molecule has 2 nitrogen and oxygen atoms in total. The molecule has 0 radical (unpaired) electrons. The summed E-state index contributed by atoms with van der Waals surface area (Å²) in [6.45, 7) is 1.68. The quantitative estimate of drug-likeness (QED) is 0.931. The van der Waals surface area contributed by atoms with E-state index in [2.05, 4.69) is 35.2 Å². The normalized spacial score (nSPS) is 16.2. The number of thiophene rings is 1. The lowest BCUT2D eigenvalue weighted by Gasteiger charge is -2.37. The summed E-state index contributed by atoms with van der Waals surface area (Å²) in [4.78, 5) is 3.69. The lowest BCUT2D eigenvalue weighted by atomic mass is 9.99. The molecule has 2 N–H and O–H groups in total. The summed E-state index contributed by atoms with van der Waals surface area (Å²) in [7, 11) is 0. The summed E-state index contributed by atoms with van der Waals surface area (Å²) >= 11 is 7.69. The molecule has 0 spiro atoms. The number of aryl methyl sites for hydroxylation is 1. The predicted octanol–water partition coefficient (Wildman–Crippen LogP) is 3.85. The van der Waals surface area contributed by atoms with Crippen LogP contribution in [0.3, 0.4) is 0 Å². The number of para-hydroxylation sites is 1. The van der Waals surface area contributed by atoms with Crippen LogP contribution in [0, 0.1) is 0 Å². The maximum Gasteiger partial charge on any atom is 0.0932 e. The van der Waals surface area contributed by atoms with E-state index in [0.717, 1.165) is 17.3 Å². The Morgan fingerprint density at radius 2 is 2.11 bits per heavy atom.